The molecule has 4 nitrogen and oxygen atoms in total. The lowest BCUT2D eigenvalue weighted by molar-refractivity contribution is -0.386. The van der Waals surface area contributed by atoms with Crippen molar-refractivity contribution < 1.29 is 18.1 Å². The van der Waals surface area contributed by atoms with E-state index < -0.39 is 33.3 Å². The molecule has 1 fully saturated rings. The number of alkyl halides is 3. The van der Waals surface area contributed by atoms with E-state index in [0.717, 1.165) is 6.07 Å². The summed E-state index contributed by atoms with van der Waals surface area (Å²) in [7, 11) is 0. The Kier molecular flexibility index (Phi) is 3.09. The van der Waals surface area contributed by atoms with Crippen LogP contribution < -0.4 is 5.73 Å². The number of hydrogen-bond donors (Lipinski definition) is 1. The van der Waals surface area contributed by atoms with E-state index in [-0.39, 0.29) is 0 Å². The zero-order chi connectivity index (χ0) is 15.3. The largest absolute Gasteiger partial charge is 0.416 e. The Balaban J connectivity index is 2.59. The van der Waals surface area contributed by atoms with Crippen molar-refractivity contribution >= 4 is 5.69 Å². The van der Waals surface area contributed by atoms with Crippen LogP contribution in [0.15, 0.2) is 18.2 Å². The predicted octanol–water partition coefficient (Wildman–Crippen LogP) is 3.38. The third-order valence-corrected chi connectivity index (χ3v) is 4.02. The molecule has 0 bridgehead atoms. The normalized spacial score (nSPS) is 17.9. The van der Waals surface area contributed by atoms with E-state index in [2.05, 4.69) is 0 Å². The molecule has 0 heterocycles. The average molecular weight is 288 g/mol. The van der Waals surface area contributed by atoms with E-state index in [4.69, 9.17) is 5.73 Å². The molecule has 1 aliphatic carbocycles. The van der Waals surface area contributed by atoms with E-state index >= 15 is 0 Å². The first kappa shape index (κ1) is 14.8. The van der Waals surface area contributed by atoms with Gasteiger partial charge in [0.2, 0.25) is 0 Å². The van der Waals surface area contributed by atoms with Gasteiger partial charge in [-0.1, -0.05) is 6.07 Å². The van der Waals surface area contributed by atoms with Crippen molar-refractivity contribution in [3.05, 3.63) is 39.4 Å². The fraction of sp³-hybridized carbons (Fsp3) is 0.538. The van der Waals surface area contributed by atoms with Crippen LogP contribution in [0.25, 0.3) is 0 Å². The second-order valence-corrected chi connectivity index (χ2v) is 5.79. The van der Waals surface area contributed by atoms with Crippen LogP contribution in [0.3, 0.4) is 0 Å². The number of rotatable bonds is 3. The first-order valence-electron chi connectivity index (χ1n) is 6.14. The van der Waals surface area contributed by atoms with Crippen LogP contribution in [0.2, 0.25) is 0 Å². The highest BCUT2D eigenvalue weighted by Crippen LogP contribution is 2.57. The summed E-state index contributed by atoms with van der Waals surface area (Å²) >= 11 is 0. The predicted molar refractivity (Wildman–Crippen MR) is 67.3 cm³/mol. The summed E-state index contributed by atoms with van der Waals surface area (Å²) in [4.78, 5) is 10.3. The molecule has 2 N–H and O–H groups in total. The van der Waals surface area contributed by atoms with Gasteiger partial charge in [0, 0.05) is 22.6 Å². The molecule has 0 saturated heterocycles. The van der Waals surface area contributed by atoms with Crippen LogP contribution in [-0.4, -0.2) is 10.5 Å². The Morgan fingerprint density at radius 2 is 1.85 bits per heavy atom. The van der Waals surface area contributed by atoms with E-state index in [1.165, 1.54) is 6.07 Å². The van der Waals surface area contributed by atoms with Crippen LogP contribution in [0.5, 0.6) is 0 Å². The van der Waals surface area contributed by atoms with Crippen molar-refractivity contribution in [2.75, 3.05) is 0 Å². The summed E-state index contributed by atoms with van der Waals surface area (Å²) < 4.78 is 38.0. The van der Waals surface area contributed by atoms with Crippen LogP contribution in [0, 0.1) is 10.1 Å². The molecule has 0 aromatic heterocycles. The molecule has 0 amide bonds. The summed E-state index contributed by atoms with van der Waals surface area (Å²) in [6.45, 7) is 3.47. The van der Waals surface area contributed by atoms with Gasteiger partial charge in [-0.05, 0) is 32.8 Å². The maximum absolute atomic E-state index is 12.7. The minimum absolute atomic E-state index is 0.294. The lowest BCUT2D eigenvalue weighted by Crippen LogP contribution is -2.45. The molecular weight excluding hydrogens is 273 g/mol. The number of nitro groups is 1. The Bertz CT molecular complexity index is 558. The molecule has 1 aliphatic rings. The summed E-state index contributed by atoms with van der Waals surface area (Å²) in [6.07, 6.45) is -3.32. The topological polar surface area (TPSA) is 69.2 Å². The summed E-state index contributed by atoms with van der Waals surface area (Å²) in [5.41, 5.74) is 3.49. The maximum Gasteiger partial charge on any atom is 0.416 e. The summed E-state index contributed by atoms with van der Waals surface area (Å²) in [5.74, 6) is 0. The number of halogens is 3. The molecule has 2 rings (SSSR count). The van der Waals surface area contributed by atoms with Crippen LogP contribution in [0.1, 0.15) is 37.8 Å². The van der Waals surface area contributed by atoms with Gasteiger partial charge >= 0.3 is 6.18 Å². The second kappa shape index (κ2) is 4.18. The smallest absolute Gasteiger partial charge is 0.325 e. The van der Waals surface area contributed by atoms with E-state index in [1.54, 1.807) is 13.8 Å². The molecule has 0 spiro atoms. The Morgan fingerprint density at radius 3 is 2.20 bits per heavy atom. The Labute approximate surface area is 113 Å². The summed E-state index contributed by atoms with van der Waals surface area (Å²) in [6, 6.07) is 2.68. The van der Waals surface area contributed by atoms with Crippen molar-refractivity contribution in [1.82, 2.24) is 0 Å². The molecular formula is C13H15F3N2O2. The highest BCUT2D eigenvalue weighted by Gasteiger charge is 2.56. The SMILES string of the molecule is CC(C)(N)C1(c2ccc(C(F)(F)F)cc2[N+](=O)[O-])CC1. The van der Waals surface area contributed by atoms with E-state index in [9.17, 15) is 23.3 Å². The third kappa shape index (κ3) is 2.26. The van der Waals surface area contributed by atoms with Gasteiger partial charge < -0.3 is 5.73 Å². The van der Waals surface area contributed by atoms with Crippen LogP contribution >= 0.6 is 0 Å². The van der Waals surface area contributed by atoms with Gasteiger partial charge in [-0.15, -0.1) is 0 Å². The van der Waals surface area contributed by atoms with Gasteiger partial charge in [0.25, 0.3) is 5.69 Å². The van der Waals surface area contributed by atoms with Gasteiger partial charge in [0.05, 0.1) is 10.5 Å². The van der Waals surface area contributed by atoms with Crippen molar-refractivity contribution in [2.24, 2.45) is 5.73 Å². The zero-order valence-electron chi connectivity index (χ0n) is 11.1. The monoisotopic (exact) mass is 288 g/mol. The third-order valence-electron chi connectivity index (χ3n) is 4.02. The Morgan fingerprint density at radius 1 is 1.30 bits per heavy atom. The number of nitro benzene ring substituents is 1. The molecule has 110 valence electrons. The fourth-order valence-corrected chi connectivity index (χ4v) is 2.65. The van der Waals surface area contributed by atoms with Crippen molar-refractivity contribution in [2.45, 2.75) is 43.8 Å². The van der Waals surface area contributed by atoms with Gasteiger partial charge in [-0.25, -0.2) is 0 Å². The second-order valence-electron chi connectivity index (χ2n) is 5.79. The van der Waals surface area contributed by atoms with E-state index in [1.807, 2.05) is 0 Å². The standard InChI is InChI=1S/C13H15F3N2O2/c1-11(2,17)12(5-6-12)9-4-3-8(13(14,15)16)7-10(9)18(19)20/h3-4,7H,5-6,17H2,1-2H3. The number of nitrogens with zero attached hydrogens (tertiary/aromatic N) is 1. The van der Waals surface area contributed by atoms with Gasteiger partial charge in [-0.3, -0.25) is 10.1 Å². The summed E-state index contributed by atoms with van der Waals surface area (Å²) in [5, 5.41) is 11.1. The maximum atomic E-state index is 12.7. The molecule has 1 aromatic carbocycles. The zero-order valence-corrected chi connectivity index (χ0v) is 11.1. The van der Waals surface area contributed by atoms with Crippen molar-refractivity contribution in [3.8, 4) is 0 Å². The molecule has 0 unspecified atom stereocenters. The van der Waals surface area contributed by atoms with Crippen molar-refractivity contribution in [1.29, 1.82) is 0 Å². The highest BCUT2D eigenvalue weighted by molar-refractivity contribution is 5.52. The molecule has 1 aromatic rings. The Hall–Kier alpha value is -1.63. The van der Waals surface area contributed by atoms with Crippen LogP contribution in [0.4, 0.5) is 18.9 Å². The molecule has 20 heavy (non-hydrogen) atoms. The van der Waals surface area contributed by atoms with Gasteiger partial charge in [0.1, 0.15) is 0 Å². The van der Waals surface area contributed by atoms with Gasteiger partial charge in [-0.2, -0.15) is 13.2 Å². The number of hydrogen-bond acceptors (Lipinski definition) is 3. The van der Waals surface area contributed by atoms with Crippen molar-refractivity contribution in [3.63, 3.8) is 0 Å². The highest BCUT2D eigenvalue weighted by atomic mass is 19.4. The molecule has 0 radical (unpaired) electrons. The van der Waals surface area contributed by atoms with Crippen LogP contribution in [-0.2, 0) is 11.6 Å². The van der Waals surface area contributed by atoms with Gasteiger partial charge in [0.15, 0.2) is 0 Å². The minimum atomic E-state index is -4.60. The molecule has 1 saturated carbocycles. The average Bonchev–Trinajstić information content (AvgIpc) is 3.07. The molecule has 7 heteroatoms. The fourth-order valence-electron chi connectivity index (χ4n) is 2.65. The number of nitrogens with two attached hydrogens (primary N) is 1. The lowest BCUT2D eigenvalue weighted by Gasteiger charge is -2.31. The first-order valence-corrected chi connectivity index (χ1v) is 6.14. The minimum Gasteiger partial charge on any atom is -0.325 e. The quantitative estimate of drug-likeness (QED) is 0.684. The lowest BCUT2D eigenvalue weighted by atomic mass is 9.78. The molecule has 0 aliphatic heterocycles. The number of benzene rings is 1. The van der Waals surface area contributed by atoms with E-state index in [0.29, 0.717) is 24.5 Å². The molecule has 0 atom stereocenters. The first-order chi connectivity index (χ1) is 8.99.